The fourth-order valence-corrected chi connectivity index (χ4v) is 4.15. The Morgan fingerprint density at radius 2 is 2.00 bits per heavy atom. The number of carbonyl (C=O) groups excluding carboxylic acids is 1. The summed E-state index contributed by atoms with van der Waals surface area (Å²) < 4.78 is 6.78. The first-order valence-corrected chi connectivity index (χ1v) is 8.53. The number of benzene rings is 1. The molecular weight excluding hydrogens is 318 g/mol. The van der Waals surface area contributed by atoms with Gasteiger partial charge in [-0.25, -0.2) is 0 Å². The smallest absolute Gasteiger partial charge is 0.246 e. The van der Waals surface area contributed by atoms with Crippen molar-refractivity contribution in [3.8, 4) is 0 Å². The van der Waals surface area contributed by atoms with Crippen LogP contribution in [-0.4, -0.2) is 36.1 Å². The summed E-state index contributed by atoms with van der Waals surface area (Å²) in [5.41, 5.74) is 0. The van der Waals surface area contributed by atoms with Crippen molar-refractivity contribution < 1.29 is 9.53 Å². The molecule has 1 amide bonds. The Labute approximate surface area is 139 Å². The molecule has 0 saturated carbocycles. The number of rotatable bonds is 2. The number of nitrogens with zero attached hydrogens (tertiary/aromatic N) is 1. The molecule has 1 aliphatic heterocycles. The van der Waals surface area contributed by atoms with Gasteiger partial charge in [0.25, 0.3) is 0 Å². The lowest BCUT2D eigenvalue weighted by Crippen LogP contribution is -2.47. The summed E-state index contributed by atoms with van der Waals surface area (Å²) >= 11 is 7.99. The molecule has 22 heavy (non-hydrogen) atoms. The van der Waals surface area contributed by atoms with Crippen LogP contribution in [0.25, 0.3) is 16.2 Å². The first-order chi connectivity index (χ1) is 10.5. The van der Waals surface area contributed by atoms with Gasteiger partial charge in [-0.1, -0.05) is 29.8 Å². The molecule has 1 aromatic carbocycles. The highest BCUT2D eigenvalue weighted by molar-refractivity contribution is 7.20. The number of morpholine rings is 1. The summed E-state index contributed by atoms with van der Waals surface area (Å²) in [6, 6.07) is 8.00. The molecule has 2 atom stereocenters. The second kappa shape index (κ2) is 6.41. The van der Waals surface area contributed by atoms with Crippen LogP contribution in [0, 0.1) is 0 Å². The number of carbonyl (C=O) groups is 1. The zero-order valence-corrected chi connectivity index (χ0v) is 14.2. The highest BCUT2D eigenvalue weighted by Crippen LogP contribution is 2.35. The molecule has 3 rings (SSSR count). The number of hydrogen-bond donors (Lipinski definition) is 0. The highest BCUT2D eigenvalue weighted by Gasteiger charge is 2.24. The van der Waals surface area contributed by atoms with E-state index in [9.17, 15) is 4.79 Å². The molecule has 1 aromatic heterocycles. The van der Waals surface area contributed by atoms with Gasteiger partial charge in [-0.2, -0.15) is 0 Å². The van der Waals surface area contributed by atoms with Gasteiger partial charge in [0.1, 0.15) is 0 Å². The third-order valence-electron chi connectivity index (χ3n) is 3.67. The van der Waals surface area contributed by atoms with Gasteiger partial charge in [-0.3, -0.25) is 4.79 Å². The molecular formula is C17H18ClNO2S. The second-order valence-electron chi connectivity index (χ2n) is 5.61. The van der Waals surface area contributed by atoms with Gasteiger partial charge in [-0.15, -0.1) is 11.3 Å². The van der Waals surface area contributed by atoms with Crippen molar-refractivity contribution in [2.45, 2.75) is 26.1 Å². The Kier molecular flexibility index (Phi) is 4.52. The predicted octanol–water partition coefficient (Wildman–Crippen LogP) is 4.20. The summed E-state index contributed by atoms with van der Waals surface area (Å²) in [5, 5.41) is 1.75. The number of amides is 1. The molecule has 0 spiro atoms. The summed E-state index contributed by atoms with van der Waals surface area (Å²) in [5.74, 6) is 0.00974. The SMILES string of the molecule is CC1CN(C(=O)C=Cc2sc3ccccc3c2Cl)CC(C)O1. The minimum absolute atomic E-state index is 0.00974. The van der Waals surface area contributed by atoms with Crippen LogP contribution in [-0.2, 0) is 9.53 Å². The van der Waals surface area contributed by atoms with E-state index in [0.29, 0.717) is 18.1 Å². The van der Waals surface area contributed by atoms with E-state index in [0.717, 1.165) is 15.0 Å². The van der Waals surface area contributed by atoms with E-state index in [1.54, 1.807) is 17.4 Å². The average Bonchev–Trinajstić information content (AvgIpc) is 2.81. The molecule has 2 unspecified atom stereocenters. The molecule has 5 heteroatoms. The lowest BCUT2D eigenvalue weighted by atomic mass is 10.2. The molecule has 1 aliphatic rings. The van der Waals surface area contributed by atoms with E-state index in [2.05, 4.69) is 0 Å². The zero-order chi connectivity index (χ0) is 15.7. The van der Waals surface area contributed by atoms with Crippen LogP contribution in [0.2, 0.25) is 5.02 Å². The lowest BCUT2D eigenvalue weighted by molar-refractivity contribution is -0.137. The van der Waals surface area contributed by atoms with Crippen molar-refractivity contribution in [3.63, 3.8) is 0 Å². The quantitative estimate of drug-likeness (QED) is 0.770. The van der Waals surface area contributed by atoms with E-state index in [4.69, 9.17) is 16.3 Å². The van der Waals surface area contributed by atoms with Gasteiger partial charge < -0.3 is 9.64 Å². The van der Waals surface area contributed by atoms with Gasteiger partial charge in [0.2, 0.25) is 5.91 Å². The van der Waals surface area contributed by atoms with Gasteiger partial charge in [0.15, 0.2) is 0 Å². The number of hydrogen-bond acceptors (Lipinski definition) is 3. The largest absolute Gasteiger partial charge is 0.372 e. The summed E-state index contributed by atoms with van der Waals surface area (Å²) in [6.45, 7) is 5.24. The lowest BCUT2D eigenvalue weighted by Gasteiger charge is -2.34. The molecule has 3 nitrogen and oxygen atoms in total. The first kappa shape index (κ1) is 15.5. The summed E-state index contributed by atoms with van der Waals surface area (Å²) in [6.07, 6.45) is 3.59. The highest BCUT2D eigenvalue weighted by atomic mass is 35.5. The standard InChI is InChI=1S/C17H18ClNO2S/c1-11-9-19(10-12(2)21-11)16(20)8-7-15-17(18)13-5-3-4-6-14(13)22-15/h3-8,11-12H,9-10H2,1-2H3. The number of halogens is 1. The fourth-order valence-electron chi connectivity index (χ4n) is 2.75. The van der Waals surface area contributed by atoms with Crippen LogP contribution < -0.4 is 0 Å². The minimum Gasteiger partial charge on any atom is -0.372 e. The van der Waals surface area contributed by atoms with Crippen molar-refractivity contribution in [1.29, 1.82) is 0 Å². The molecule has 2 aromatic rings. The van der Waals surface area contributed by atoms with E-state index < -0.39 is 0 Å². The fraction of sp³-hybridized carbons (Fsp3) is 0.353. The molecule has 0 bridgehead atoms. The Bertz CT molecular complexity index is 715. The van der Waals surface area contributed by atoms with Crippen LogP contribution in [0.4, 0.5) is 0 Å². The maximum atomic E-state index is 12.3. The van der Waals surface area contributed by atoms with Gasteiger partial charge in [0, 0.05) is 34.1 Å². The zero-order valence-electron chi connectivity index (χ0n) is 12.6. The Balaban J connectivity index is 1.77. The normalized spacial score (nSPS) is 22.6. The number of fused-ring (bicyclic) bond motifs is 1. The van der Waals surface area contributed by atoms with Gasteiger partial charge in [0.05, 0.1) is 17.2 Å². The molecule has 2 heterocycles. The molecule has 116 valence electrons. The molecule has 0 aliphatic carbocycles. The first-order valence-electron chi connectivity index (χ1n) is 7.34. The van der Waals surface area contributed by atoms with E-state index in [-0.39, 0.29) is 18.1 Å². The van der Waals surface area contributed by atoms with Crippen LogP contribution in [0.1, 0.15) is 18.7 Å². The third kappa shape index (κ3) is 3.19. The van der Waals surface area contributed by atoms with Crippen molar-refractivity contribution in [2.75, 3.05) is 13.1 Å². The van der Waals surface area contributed by atoms with Crippen molar-refractivity contribution in [1.82, 2.24) is 4.90 Å². The monoisotopic (exact) mass is 335 g/mol. The molecule has 0 radical (unpaired) electrons. The maximum absolute atomic E-state index is 12.3. The Morgan fingerprint density at radius 3 is 2.68 bits per heavy atom. The van der Waals surface area contributed by atoms with Crippen LogP contribution in [0.3, 0.4) is 0 Å². The Hall–Kier alpha value is -1.36. The minimum atomic E-state index is 0.00974. The molecule has 0 N–H and O–H groups in total. The van der Waals surface area contributed by atoms with E-state index in [1.807, 2.05) is 49.1 Å². The average molecular weight is 336 g/mol. The van der Waals surface area contributed by atoms with E-state index in [1.165, 1.54) is 0 Å². The summed E-state index contributed by atoms with van der Waals surface area (Å²) in [4.78, 5) is 15.1. The van der Waals surface area contributed by atoms with Crippen LogP contribution in [0.15, 0.2) is 30.3 Å². The molecule has 1 fully saturated rings. The predicted molar refractivity (Wildman–Crippen MR) is 92.5 cm³/mol. The number of ether oxygens (including phenoxy) is 1. The Morgan fingerprint density at radius 1 is 1.32 bits per heavy atom. The van der Waals surface area contributed by atoms with Crippen molar-refractivity contribution in [3.05, 3.63) is 40.2 Å². The topological polar surface area (TPSA) is 29.5 Å². The van der Waals surface area contributed by atoms with Crippen molar-refractivity contribution in [2.24, 2.45) is 0 Å². The second-order valence-corrected chi connectivity index (χ2v) is 7.07. The van der Waals surface area contributed by atoms with Gasteiger partial charge in [-0.05, 0) is 26.0 Å². The van der Waals surface area contributed by atoms with Crippen LogP contribution in [0.5, 0.6) is 0 Å². The maximum Gasteiger partial charge on any atom is 0.246 e. The van der Waals surface area contributed by atoms with Crippen LogP contribution >= 0.6 is 22.9 Å². The van der Waals surface area contributed by atoms with E-state index >= 15 is 0 Å². The summed E-state index contributed by atoms with van der Waals surface area (Å²) in [7, 11) is 0. The third-order valence-corrected chi connectivity index (χ3v) is 5.32. The molecule has 1 saturated heterocycles. The van der Waals surface area contributed by atoms with Crippen molar-refractivity contribution >= 4 is 45.0 Å². The number of thiophene rings is 1. The van der Waals surface area contributed by atoms with Gasteiger partial charge >= 0.3 is 0 Å².